The number of hydrogen-bond acceptors (Lipinski definition) is 1. The quantitative estimate of drug-likeness (QED) is 0.773. The van der Waals surface area contributed by atoms with Crippen LogP contribution in [0.3, 0.4) is 0 Å². The minimum Gasteiger partial charge on any atom is -0.275 e. The van der Waals surface area contributed by atoms with Gasteiger partial charge in [0.25, 0.3) is 0 Å². The van der Waals surface area contributed by atoms with Crippen molar-refractivity contribution < 1.29 is 0 Å². The second-order valence-electron chi connectivity index (χ2n) is 4.48. The van der Waals surface area contributed by atoms with Crippen LogP contribution < -0.4 is 0 Å². The summed E-state index contributed by atoms with van der Waals surface area (Å²) < 4.78 is 1.86. The van der Waals surface area contributed by atoms with E-state index in [-0.39, 0.29) is 0 Å². The Balaban J connectivity index is 2.47. The number of rotatable bonds is 4. The average Bonchev–Trinajstić information content (AvgIpc) is 2.78. The van der Waals surface area contributed by atoms with Crippen LogP contribution >= 0.6 is 0 Å². The number of hydrogen-bond donors (Lipinski definition) is 0. The van der Waals surface area contributed by atoms with Gasteiger partial charge in [-0.1, -0.05) is 38.1 Å². The van der Waals surface area contributed by atoms with Gasteiger partial charge in [0.05, 0.1) is 5.69 Å². The molecule has 0 amide bonds. The Morgan fingerprint density at radius 2 is 1.82 bits per heavy atom. The Labute approximate surface area is 103 Å². The van der Waals surface area contributed by atoms with Gasteiger partial charge in [-0.25, -0.2) is 0 Å². The molecule has 0 aliphatic heterocycles. The van der Waals surface area contributed by atoms with Crippen molar-refractivity contribution in [3.63, 3.8) is 0 Å². The fraction of sp³-hybridized carbons (Fsp3) is 0.400. The van der Waals surface area contributed by atoms with E-state index in [2.05, 4.69) is 49.3 Å². The lowest BCUT2D eigenvalue weighted by molar-refractivity contribution is 0.642. The van der Waals surface area contributed by atoms with Crippen molar-refractivity contribution in [3.8, 4) is 11.3 Å². The van der Waals surface area contributed by atoms with Gasteiger partial charge in [0.2, 0.25) is 0 Å². The van der Waals surface area contributed by atoms with Gasteiger partial charge in [-0.2, -0.15) is 5.10 Å². The van der Waals surface area contributed by atoms with E-state index in [1.807, 2.05) is 17.9 Å². The Morgan fingerprint density at radius 3 is 2.41 bits per heavy atom. The molecular weight excluding hydrogens is 208 g/mol. The molecule has 90 valence electrons. The van der Waals surface area contributed by atoms with Crippen molar-refractivity contribution in [1.29, 1.82) is 0 Å². The molecule has 0 saturated heterocycles. The molecule has 0 atom stereocenters. The molecule has 0 aliphatic carbocycles. The molecule has 2 nitrogen and oxygen atoms in total. The molecule has 0 unspecified atom stereocenters. The van der Waals surface area contributed by atoms with Crippen molar-refractivity contribution in [2.24, 2.45) is 7.05 Å². The van der Waals surface area contributed by atoms with Crippen LogP contribution in [0.15, 0.2) is 36.5 Å². The van der Waals surface area contributed by atoms with Gasteiger partial charge in [-0.05, 0) is 30.4 Å². The Morgan fingerprint density at radius 1 is 1.12 bits per heavy atom. The van der Waals surface area contributed by atoms with Gasteiger partial charge >= 0.3 is 0 Å². The molecule has 1 aromatic carbocycles. The molecule has 0 bridgehead atoms. The molecule has 1 aromatic heterocycles. The van der Waals surface area contributed by atoms with Crippen LogP contribution in [0.4, 0.5) is 0 Å². The Kier molecular flexibility index (Phi) is 3.62. The average molecular weight is 228 g/mol. The summed E-state index contributed by atoms with van der Waals surface area (Å²) in [6.07, 6.45) is 4.36. The van der Waals surface area contributed by atoms with Crippen molar-refractivity contribution in [2.45, 2.75) is 32.6 Å². The molecule has 0 N–H and O–H groups in total. The van der Waals surface area contributed by atoms with Crippen molar-refractivity contribution >= 4 is 0 Å². The molecule has 2 heteroatoms. The first-order valence-corrected chi connectivity index (χ1v) is 6.35. The lowest BCUT2D eigenvalue weighted by Crippen LogP contribution is -1.99. The molecule has 0 saturated carbocycles. The molecule has 0 fully saturated rings. The van der Waals surface area contributed by atoms with Gasteiger partial charge < -0.3 is 0 Å². The van der Waals surface area contributed by atoms with Crippen molar-refractivity contribution in [2.75, 3.05) is 0 Å². The predicted molar refractivity (Wildman–Crippen MR) is 72.0 cm³/mol. The Bertz CT molecular complexity index is 481. The number of benzene rings is 1. The molecular formula is C15H20N2. The zero-order chi connectivity index (χ0) is 12.3. The number of aryl methyl sites for hydroxylation is 1. The lowest BCUT2D eigenvalue weighted by atomic mass is 9.89. The molecule has 17 heavy (non-hydrogen) atoms. The van der Waals surface area contributed by atoms with Crippen LogP contribution in [-0.2, 0) is 7.05 Å². The standard InChI is InChI=1S/C15H20N2/c1-4-12(5-2)13-8-6-7-9-14(13)15-10-11-17(3)16-15/h6-12H,4-5H2,1-3H3. The fourth-order valence-electron chi connectivity index (χ4n) is 2.37. The van der Waals surface area contributed by atoms with Crippen LogP contribution in [0.25, 0.3) is 11.3 Å². The zero-order valence-corrected chi connectivity index (χ0v) is 10.9. The van der Waals surface area contributed by atoms with Gasteiger partial charge in [-0.3, -0.25) is 4.68 Å². The van der Waals surface area contributed by atoms with Crippen LogP contribution in [-0.4, -0.2) is 9.78 Å². The summed E-state index contributed by atoms with van der Waals surface area (Å²) in [5.41, 5.74) is 3.79. The normalized spacial score (nSPS) is 11.1. The third-order valence-corrected chi connectivity index (χ3v) is 3.38. The lowest BCUT2D eigenvalue weighted by Gasteiger charge is -2.16. The maximum absolute atomic E-state index is 4.51. The minimum atomic E-state index is 0.633. The first kappa shape index (κ1) is 11.9. The third kappa shape index (κ3) is 2.41. The van der Waals surface area contributed by atoms with E-state index in [0.717, 1.165) is 5.69 Å². The van der Waals surface area contributed by atoms with Crippen LogP contribution in [0, 0.1) is 0 Å². The summed E-state index contributed by atoms with van der Waals surface area (Å²) in [5, 5.41) is 4.51. The summed E-state index contributed by atoms with van der Waals surface area (Å²) in [6, 6.07) is 10.7. The van der Waals surface area contributed by atoms with Crippen LogP contribution in [0.5, 0.6) is 0 Å². The van der Waals surface area contributed by atoms with E-state index >= 15 is 0 Å². The summed E-state index contributed by atoms with van der Waals surface area (Å²) >= 11 is 0. The highest BCUT2D eigenvalue weighted by Crippen LogP contribution is 2.31. The van der Waals surface area contributed by atoms with Crippen molar-refractivity contribution in [3.05, 3.63) is 42.1 Å². The monoisotopic (exact) mass is 228 g/mol. The highest BCUT2D eigenvalue weighted by molar-refractivity contribution is 5.64. The number of aromatic nitrogens is 2. The first-order valence-electron chi connectivity index (χ1n) is 6.35. The highest BCUT2D eigenvalue weighted by atomic mass is 15.2. The maximum atomic E-state index is 4.51. The van der Waals surface area contributed by atoms with E-state index in [9.17, 15) is 0 Å². The number of nitrogens with zero attached hydrogens (tertiary/aromatic N) is 2. The van der Waals surface area contributed by atoms with E-state index in [1.54, 1.807) is 0 Å². The smallest absolute Gasteiger partial charge is 0.0925 e. The molecule has 0 radical (unpaired) electrons. The topological polar surface area (TPSA) is 17.8 Å². The third-order valence-electron chi connectivity index (χ3n) is 3.38. The zero-order valence-electron chi connectivity index (χ0n) is 10.9. The molecule has 1 heterocycles. The fourth-order valence-corrected chi connectivity index (χ4v) is 2.37. The van der Waals surface area contributed by atoms with Gasteiger partial charge in [-0.15, -0.1) is 0 Å². The second kappa shape index (κ2) is 5.17. The molecule has 0 aliphatic rings. The summed E-state index contributed by atoms with van der Waals surface area (Å²) in [5.74, 6) is 0.633. The van der Waals surface area contributed by atoms with E-state index < -0.39 is 0 Å². The van der Waals surface area contributed by atoms with Gasteiger partial charge in [0, 0.05) is 18.8 Å². The SMILES string of the molecule is CCC(CC)c1ccccc1-c1ccn(C)n1. The predicted octanol–water partition coefficient (Wildman–Crippen LogP) is 3.99. The summed E-state index contributed by atoms with van der Waals surface area (Å²) in [7, 11) is 1.96. The summed E-state index contributed by atoms with van der Waals surface area (Å²) in [4.78, 5) is 0. The van der Waals surface area contributed by atoms with Crippen molar-refractivity contribution in [1.82, 2.24) is 9.78 Å². The molecule has 2 rings (SSSR count). The summed E-state index contributed by atoms with van der Waals surface area (Å²) in [6.45, 7) is 4.51. The Hall–Kier alpha value is -1.57. The van der Waals surface area contributed by atoms with Crippen LogP contribution in [0.2, 0.25) is 0 Å². The van der Waals surface area contributed by atoms with Gasteiger partial charge in [0.1, 0.15) is 0 Å². The maximum Gasteiger partial charge on any atom is 0.0925 e. The van der Waals surface area contributed by atoms with E-state index in [1.165, 1.54) is 24.0 Å². The van der Waals surface area contributed by atoms with E-state index in [4.69, 9.17) is 0 Å². The first-order chi connectivity index (χ1) is 8.26. The second-order valence-corrected chi connectivity index (χ2v) is 4.48. The van der Waals surface area contributed by atoms with Crippen LogP contribution in [0.1, 0.15) is 38.2 Å². The minimum absolute atomic E-state index is 0.633. The van der Waals surface area contributed by atoms with E-state index in [0.29, 0.717) is 5.92 Å². The highest BCUT2D eigenvalue weighted by Gasteiger charge is 2.13. The molecule has 2 aromatic rings. The largest absolute Gasteiger partial charge is 0.275 e. The molecule has 0 spiro atoms. The van der Waals surface area contributed by atoms with Gasteiger partial charge in [0.15, 0.2) is 0 Å².